The van der Waals surface area contributed by atoms with Gasteiger partial charge in [-0.1, -0.05) is 50.3 Å². The summed E-state index contributed by atoms with van der Waals surface area (Å²) in [7, 11) is -1.27. The number of nitrogens with zero attached hydrogens (tertiary/aromatic N) is 4. The van der Waals surface area contributed by atoms with Crippen LogP contribution in [-0.4, -0.2) is 74.6 Å². The average molecular weight is 725 g/mol. The van der Waals surface area contributed by atoms with Crippen molar-refractivity contribution < 1.29 is 24.2 Å². The van der Waals surface area contributed by atoms with Crippen LogP contribution in [0.2, 0.25) is 25.7 Å². The molecule has 0 bridgehead atoms. The fraction of sp³-hybridized carbons (Fsp3) is 0.500. The lowest BCUT2D eigenvalue weighted by Gasteiger charge is -2.24. The number of aromatic nitrogens is 4. The van der Waals surface area contributed by atoms with Crippen molar-refractivity contribution in [3.63, 3.8) is 0 Å². The van der Waals surface area contributed by atoms with Crippen LogP contribution in [0, 0.1) is 0 Å². The van der Waals surface area contributed by atoms with Gasteiger partial charge in [0.25, 0.3) is 0 Å². The Bertz CT molecular complexity index is 1960. The number of hydrogen-bond acceptors (Lipinski definition) is 6. The normalized spacial score (nSPS) is 19.9. The SMILES string of the molecule is CC(C)(C)OC(=O)N[C@H]1CCC[C@@H]1c1ncc(-c2ccc3c(c2)Cc2cc(-c4cnc(C5CCCN5C(=O)O)n4COCC[Si](C)(C)C)ccc2-3)[nH]1. The Hall–Kier alpha value is -4.42. The standard InChI is InChI=1S/C40H52N6O5Si/c1-40(2,3)51-38(47)44-32-10-7-9-31(32)36-41-22-33(43-36)25-12-14-29-27(19-25)21-28-20-26(13-15-30(28)29)35-23-42-37(34-11-8-16-45(34)39(48)49)46(35)24-50-17-18-52(4,5)6/h12-15,19-20,22-23,31-32,34H,7-11,16-18,21,24H2,1-6H3,(H,41,43)(H,44,47)(H,48,49)/t31-,32-,34?/m0/s1. The molecule has 52 heavy (non-hydrogen) atoms. The number of hydrogen-bond donors (Lipinski definition) is 3. The third kappa shape index (κ3) is 7.68. The van der Waals surface area contributed by atoms with Crippen LogP contribution in [0.4, 0.5) is 9.59 Å². The first-order chi connectivity index (χ1) is 24.7. The van der Waals surface area contributed by atoms with Gasteiger partial charge in [-0.2, -0.15) is 0 Å². The first-order valence-electron chi connectivity index (χ1n) is 18.7. The smallest absolute Gasteiger partial charge is 0.407 e. The molecule has 3 N–H and O–H groups in total. The van der Waals surface area contributed by atoms with Crippen molar-refractivity contribution in [1.82, 2.24) is 29.7 Å². The van der Waals surface area contributed by atoms with Crippen molar-refractivity contribution in [3.8, 4) is 33.6 Å². The monoisotopic (exact) mass is 724 g/mol. The number of carbonyl (C=O) groups excluding carboxylic acids is 1. The summed E-state index contributed by atoms with van der Waals surface area (Å²) in [5, 5.41) is 13.0. The van der Waals surface area contributed by atoms with E-state index in [1.165, 1.54) is 27.2 Å². The van der Waals surface area contributed by atoms with Crippen LogP contribution in [0.3, 0.4) is 0 Å². The molecule has 3 heterocycles. The van der Waals surface area contributed by atoms with E-state index in [0.717, 1.165) is 78.7 Å². The maximum Gasteiger partial charge on any atom is 0.407 e. The molecular weight excluding hydrogens is 673 g/mol. The zero-order valence-corrected chi connectivity index (χ0v) is 32.3. The minimum Gasteiger partial charge on any atom is -0.465 e. The number of fused-ring (bicyclic) bond motifs is 3. The lowest BCUT2D eigenvalue weighted by molar-refractivity contribution is 0.0500. The maximum atomic E-state index is 12.5. The van der Waals surface area contributed by atoms with Crippen molar-refractivity contribution in [3.05, 3.63) is 71.6 Å². The second-order valence-corrected chi connectivity index (χ2v) is 22.4. The molecule has 2 aliphatic carbocycles. The number of nitrogens with one attached hydrogen (secondary N) is 2. The minimum atomic E-state index is -1.27. The number of amides is 2. The molecule has 2 aromatic heterocycles. The summed E-state index contributed by atoms with van der Waals surface area (Å²) in [5.41, 5.74) is 8.46. The van der Waals surface area contributed by atoms with E-state index in [4.69, 9.17) is 19.4 Å². The third-order valence-corrected chi connectivity index (χ3v) is 12.3. The zero-order chi connectivity index (χ0) is 36.8. The van der Waals surface area contributed by atoms with Crippen LogP contribution >= 0.6 is 0 Å². The molecule has 2 fully saturated rings. The number of carboxylic acid groups (broad SMARTS) is 1. The minimum absolute atomic E-state index is 0.0177. The van der Waals surface area contributed by atoms with Gasteiger partial charge in [-0.05, 0) is 98.9 Å². The van der Waals surface area contributed by atoms with E-state index in [2.05, 4.69) is 70.9 Å². The number of likely N-dealkylation sites (tertiary alicyclic amines) is 1. The van der Waals surface area contributed by atoms with E-state index in [0.29, 0.717) is 19.9 Å². The summed E-state index contributed by atoms with van der Waals surface area (Å²) >= 11 is 0. The highest BCUT2D eigenvalue weighted by Crippen LogP contribution is 2.42. The van der Waals surface area contributed by atoms with Crippen LogP contribution in [0.5, 0.6) is 0 Å². The predicted octanol–water partition coefficient (Wildman–Crippen LogP) is 8.80. The van der Waals surface area contributed by atoms with Crippen LogP contribution in [0.1, 0.15) is 87.6 Å². The number of alkyl carbamates (subject to hydrolysis) is 1. The summed E-state index contributed by atoms with van der Waals surface area (Å²) in [6, 6.07) is 14.0. The van der Waals surface area contributed by atoms with E-state index in [9.17, 15) is 14.7 Å². The lowest BCUT2D eigenvalue weighted by atomic mass is 10.0. The molecule has 2 amide bonds. The molecule has 1 saturated carbocycles. The van der Waals surface area contributed by atoms with E-state index < -0.39 is 19.8 Å². The van der Waals surface area contributed by atoms with Crippen LogP contribution in [-0.2, 0) is 22.6 Å². The molecule has 0 spiro atoms. The zero-order valence-electron chi connectivity index (χ0n) is 31.3. The van der Waals surface area contributed by atoms with E-state index in [1.54, 1.807) is 0 Å². The van der Waals surface area contributed by atoms with E-state index in [1.807, 2.05) is 33.2 Å². The number of carbonyl (C=O) groups is 2. The van der Waals surface area contributed by atoms with Crippen molar-refractivity contribution in [1.29, 1.82) is 0 Å². The molecular formula is C40H52N6O5Si. The van der Waals surface area contributed by atoms with Gasteiger partial charge in [0.05, 0.1) is 29.8 Å². The van der Waals surface area contributed by atoms with Crippen LogP contribution < -0.4 is 5.32 Å². The third-order valence-electron chi connectivity index (χ3n) is 10.6. The van der Waals surface area contributed by atoms with Gasteiger partial charge in [0.1, 0.15) is 24.0 Å². The molecule has 7 rings (SSSR count). The Labute approximate surface area is 307 Å². The highest BCUT2D eigenvalue weighted by atomic mass is 28.3. The molecule has 1 saturated heterocycles. The van der Waals surface area contributed by atoms with Gasteiger partial charge in [-0.3, -0.25) is 4.90 Å². The molecule has 12 heteroatoms. The largest absolute Gasteiger partial charge is 0.465 e. The Kier molecular flexibility index (Phi) is 9.81. The van der Waals surface area contributed by atoms with Gasteiger partial charge in [-0.25, -0.2) is 19.6 Å². The summed E-state index contributed by atoms with van der Waals surface area (Å²) in [6.45, 7) is 14.2. The molecule has 4 aromatic rings. The number of rotatable bonds is 10. The Morgan fingerprint density at radius 2 is 1.71 bits per heavy atom. The maximum absolute atomic E-state index is 12.5. The first kappa shape index (κ1) is 36.0. The summed E-state index contributed by atoms with van der Waals surface area (Å²) < 4.78 is 13.9. The molecule has 1 unspecified atom stereocenters. The fourth-order valence-electron chi connectivity index (χ4n) is 7.95. The molecule has 276 valence electrons. The average Bonchev–Trinajstić information content (AvgIpc) is 3.90. The quantitative estimate of drug-likeness (QED) is 0.0968. The molecule has 11 nitrogen and oxygen atoms in total. The second-order valence-electron chi connectivity index (χ2n) is 16.8. The van der Waals surface area contributed by atoms with Gasteiger partial charge in [0.15, 0.2) is 0 Å². The van der Waals surface area contributed by atoms with Crippen LogP contribution in [0.25, 0.3) is 33.6 Å². The van der Waals surface area contributed by atoms with Crippen molar-refractivity contribution in [2.45, 2.75) is 115 Å². The van der Waals surface area contributed by atoms with Crippen molar-refractivity contribution in [2.75, 3.05) is 13.2 Å². The van der Waals surface area contributed by atoms with Gasteiger partial charge >= 0.3 is 12.2 Å². The number of aromatic amines is 1. The number of benzene rings is 2. The van der Waals surface area contributed by atoms with Crippen LogP contribution in [0.15, 0.2) is 48.8 Å². The molecule has 1 aliphatic heterocycles. The number of imidazole rings is 2. The Balaban J connectivity index is 1.10. The molecule has 3 aliphatic rings. The molecule has 3 atom stereocenters. The van der Waals surface area contributed by atoms with Crippen molar-refractivity contribution >= 4 is 20.3 Å². The number of H-pyrrole nitrogens is 1. The summed E-state index contributed by atoms with van der Waals surface area (Å²) in [6.07, 6.45) is 7.75. The Morgan fingerprint density at radius 3 is 2.42 bits per heavy atom. The lowest BCUT2D eigenvalue weighted by Crippen LogP contribution is -2.40. The highest BCUT2D eigenvalue weighted by molar-refractivity contribution is 6.76. The van der Waals surface area contributed by atoms with Gasteiger partial charge in [-0.15, -0.1) is 0 Å². The predicted molar refractivity (Wildman–Crippen MR) is 204 cm³/mol. The highest BCUT2D eigenvalue weighted by Gasteiger charge is 2.35. The fourth-order valence-corrected chi connectivity index (χ4v) is 8.71. The topological polar surface area (TPSA) is 135 Å². The summed E-state index contributed by atoms with van der Waals surface area (Å²) in [4.78, 5) is 39.3. The number of ether oxygens (including phenoxy) is 2. The first-order valence-corrected chi connectivity index (χ1v) is 22.4. The molecule has 2 aromatic carbocycles. The van der Waals surface area contributed by atoms with E-state index >= 15 is 0 Å². The van der Waals surface area contributed by atoms with Crippen molar-refractivity contribution in [2.24, 2.45) is 0 Å². The second kappa shape index (κ2) is 14.2. The van der Waals surface area contributed by atoms with Gasteiger partial charge in [0, 0.05) is 38.7 Å². The van der Waals surface area contributed by atoms with E-state index in [-0.39, 0.29) is 24.1 Å². The van der Waals surface area contributed by atoms with Gasteiger partial charge < -0.3 is 29.4 Å². The Morgan fingerprint density at radius 1 is 0.981 bits per heavy atom. The molecule has 0 radical (unpaired) electrons. The summed E-state index contributed by atoms with van der Waals surface area (Å²) in [5.74, 6) is 1.75. The van der Waals surface area contributed by atoms with Gasteiger partial charge in [0.2, 0.25) is 0 Å².